The van der Waals surface area contributed by atoms with Crippen LogP contribution in [0.2, 0.25) is 0 Å². The molecule has 1 atom stereocenters. The molecule has 0 bridgehead atoms. The fraction of sp³-hybridized carbons (Fsp3) is 0.176. The zero-order valence-electron chi connectivity index (χ0n) is 14.9. The van der Waals surface area contributed by atoms with E-state index in [0.717, 1.165) is 6.07 Å². The summed E-state index contributed by atoms with van der Waals surface area (Å²) in [5.74, 6) is -1.59. The number of nitro benzene ring substituents is 1. The van der Waals surface area contributed by atoms with E-state index in [-0.39, 0.29) is 21.8 Å². The number of hydrogen-bond donors (Lipinski definition) is 2. The summed E-state index contributed by atoms with van der Waals surface area (Å²) in [4.78, 5) is 34.4. The Morgan fingerprint density at radius 3 is 2.46 bits per heavy atom. The molecule has 0 aliphatic carbocycles. The molecule has 148 valence electrons. The van der Waals surface area contributed by atoms with E-state index in [1.807, 2.05) is 0 Å². The van der Waals surface area contributed by atoms with Crippen LogP contribution < -0.4 is 10.0 Å². The quantitative estimate of drug-likeness (QED) is 0.403. The van der Waals surface area contributed by atoms with Crippen LogP contribution in [0, 0.1) is 10.1 Å². The van der Waals surface area contributed by atoms with E-state index in [1.165, 1.54) is 56.4 Å². The Kier molecular flexibility index (Phi) is 6.44. The lowest BCUT2D eigenvalue weighted by Gasteiger charge is -2.14. The van der Waals surface area contributed by atoms with Gasteiger partial charge in [0.25, 0.3) is 11.6 Å². The van der Waals surface area contributed by atoms with Crippen molar-refractivity contribution in [1.82, 2.24) is 4.72 Å². The van der Waals surface area contributed by atoms with Crippen LogP contribution in [0.25, 0.3) is 0 Å². The number of rotatable bonds is 7. The van der Waals surface area contributed by atoms with Crippen LogP contribution >= 0.6 is 0 Å². The van der Waals surface area contributed by atoms with Crippen LogP contribution in [0.15, 0.2) is 53.4 Å². The number of anilines is 1. The zero-order valence-corrected chi connectivity index (χ0v) is 15.7. The van der Waals surface area contributed by atoms with Crippen LogP contribution in [0.5, 0.6) is 0 Å². The second kappa shape index (κ2) is 8.59. The highest BCUT2D eigenvalue weighted by Crippen LogP contribution is 2.18. The van der Waals surface area contributed by atoms with Crippen molar-refractivity contribution in [3.63, 3.8) is 0 Å². The van der Waals surface area contributed by atoms with Crippen LogP contribution in [-0.2, 0) is 19.6 Å². The first-order chi connectivity index (χ1) is 13.1. The highest BCUT2D eigenvalue weighted by Gasteiger charge is 2.21. The van der Waals surface area contributed by atoms with Crippen molar-refractivity contribution >= 4 is 33.3 Å². The number of hydrogen-bond acceptors (Lipinski definition) is 7. The molecular weight excluding hydrogens is 390 g/mol. The molecule has 1 amide bonds. The first-order valence-corrected chi connectivity index (χ1v) is 9.42. The number of ether oxygens (including phenoxy) is 1. The zero-order chi connectivity index (χ0) is 20.9. The Hall–Kier alpha value is -3.31. The number of amides is 1. The van der Waals surface area contributed by atoms with E-state index in [1.54, 1.807) is 0 Å². The Labute approximate surface area is 160 Å². The van der Waals surface area contributed by atoms with Crippen LogP contribution in [0.1, 0.15) is 17.3 Å². The average Bonchev–Trinajstić information content (AvgIpc) is 2.68. The minimum atomic E-state index is -3.74. The van der Waals surface area contributed by atoms with Gasteiger partial charge in [-0.05, 0) is 38.2 Å². The van der Waals surface area contributed by atoms with Crippen molar-refractivity contribution in [2.45, 2.75) is 17.9 Å². The molecule has 0 aromatic heterocycles. The van der Waals surface area contributed by atoms with E-state index in [4.69, 9.17) is 4.74 Å². The van der Waals surface area contributed by atoms with E-state index >= 15 is 0 Å². The molecule has 2 rings (SSSR count). The molecule has 0 unspecified atom stereocenters. The van der Waals surface area contributed by atoms with Gasteiger partial charge < -0.3 is 10.1 Å². The number of carbonyl (C=O) groups is 2. The van der Waals surface area contributed by atoms with Gasteiger partial charge in [-0.1, -0.05) is 12.1 Å². The molecule has 2 N–H and O–H groups in total. The lowest BCUT2D eigenvalue weighted by atomic mass is 10.2. The lowest BCUT2D eigenvalue weighted by Crippen LogP contribution is -2.30. The largest absolute Gasteiger partial charge is 0.449 e. The Morgan fingerprint density at radius 2 is 1.82 bits per heavy atom. The molecule has 28 heavy (non-hydrogen) atoms. The number of esters is 1. The molecule has 11 heteroatoms. The average molecular weight is 407 g/mol. The third-order valence-corrected chi connectivity index (χ3v) is 5.04. The van der Waals surface area contributed by atoms with Crippen molar-refractivity contribution in [2.24, 2.45) is 0 Å². The van der Waals surface area contributed by atoms with Crippen molar-refractivity contribution < 1.29 is 27.7 Å². The second-order valence-electron chi connectivity index (χ2n) is 5.58. The van der Waals surface area contributed by atoms with E-state index < -0.39 is 32.9 Å². The maximum atomic E-state index is 12.2. The fourth-order valence-electron chi connectivity index (χ4n) is 2.13. The number of nitro groups is 1. The molecule has 0 radical (unpaired) electrons. The Balaban J connectivity index is 2.08. The Bertz CT molecular complexity index is 1020. The fourth-order valence-corrected chi connectivity index (χ4v) is 2.91. The molecule has 2 aromatic carbocycles. The van der Waals surface area contributed by atoms with Gasteiger partial charge in [-0.2, -0.15) is 0 Å². The molecule has 0 fully saturated rings. The molecule has 2 aromatic rings. The van der Waals surface area contributed by atoms with Gasteiger partial charge in [0.05, 0.1) is 15.4 Å². The first-order valence-electron chi connectivity index (χ1n) is 7.94. The SMILES string of the molecule is CNS(=O)(=O)c1cccc(C(=O)O[C@H](C)C(=O)Nc2cccc([N+](=O)[O-])c2)c1. The lowest BCUT2D eigenvalue weighted by molar-refractivity contribution is -0.384. The van der Waals surface area contributed by atoms with Gasteiger partial charge in [0.1, 0.15) is 0 Å². The third kappa shape index (κ3) is 5.11. The van der Waals surface area contributed by atoms with Crippen LogP contribution in [0.4, 0.5) is 11.4 Å². The topological polar surface area (TPSA) is 145 Å². The maximum absolute atomic E-state index is 12.2. The van der Waals surface area contributed by atoms with Crippen LogP contribution in [-0.4, -0.2) is 38.4 Å². The first kappa shape index (κ1) is 21.0. The van der Waals surface area contributed by atoms with Crippen molar-refractivity contribution in [2.75, 3.05) is 12.4 Å². The van der Waals surface area contributed by atoms with E-state index in [2.05, 4.69) is 10.0 Å². The van der Waals surface area contributed by atoms with Gasteiger partial charge in [-0.3, -0.25) is 14.9 Å². The van der Waals surface area contributed by atoms with Gasteiger partial charge in [0, 0.05) is 17.8 Å². The maximum Gasteiger partial charge on any atom is 0.338 e. The highest BCUT2D eigenvalue weighted by atomic mass is 32.2. The van der Waals surface area contributed by atoms with Crippen LogP contribution in [0.3, 0.4) is 0 Å². The van der Waals surface area contributed by atoms with Gasteiger partial charge in [-0.15, -0.1) is 0 Å². The minimum absolute atomic E-state index is 0.0497. The van der Waals surface area contributed by atoms with Gasteiger partial charge >= 0.3 is 5.97 Å². The van der Waals surface area contributed by atoms with Crippen molar-refractivity contribution in [3.8, 4) is 0 Å². The molecule has 0 aliphatic rings. The molecule has 10 nitrogen and oxygen atoms in total. The second-order valence-corrected chi connectivity index (χ2v) is 7.47. The minimum Gasteiger partial charge on any atom is -0.449 e. The number of nitrogens with zero attached hydrogens (tertiary/aromatic N) is 1. The number of nitrogens with one attached hydrogen (secondary N) is 2. The number of carbonyl (C=O) groups excluding carboxylic acids is 2. The van der Waals surface area contributed by atoms with E-state index in [0.29, 0.717) is 0 Å². The monoisotopic (exact) mass is 407 g/mol. The molecular formula is C17H17N3O7S. The predicted octanol–water partition coefficient (Wildman–Crippen LogP) is 1.69. The van der Waals surface area contributed by atoms with Gasteiger partial charge in [0.15, 0.2) is 6.10 Å². The summed E-state index contributed by atoms with van der Waals surface area (Å²) < 4.78 is 30.8. The summed E-state index contributed by atoms with van der Waals surface area (Å²) in [6.45, 7) is 1.32. The molecule has 0 heterocycles. The summed E-state index contributed by atoms with van der Waals surface area (Å²) in [6.07, 6.45) is -1.23. The number of non-ortho nitro benzene ring substituents is 1. The standard InChI is InChI=1S/C17H17N3O7S/c1-11(16(21)19-13-6-4-7-14(10-13)20(23)24)27-17(22)12-5-3-8-15(9-12)28(25,26)18-2/h3-11,18H,1-2H3,(H,19,21)/t11-/m1/s1. The predicted molar refractivity (Wildman–Crippen MR) is 99.3 cm³/mol. The summed E-state index contributed by atoms with van der Waals surface area (Å²) in [5.41, 5.74) is -0.0828. The highest BCUT2D eigenvalue weighted by molar-refractivity contribution is 7.89. The summed E-state index contributed by atoms with van der Waals surface area (Å²) in [7, 11) is -2.51. The smallest absolute Gasteiger partial charge is 0.338 e. The molecule has 0 spiro atoms. The molecule has 0 aliphatic heterocycles. The van der Waals surface area contributed by atoms with Gasteiger partial charge in [-0.25, -0.2) is 17.9 Å². The summed E-state index contributed by atoms with van der Waals surface area (Å²) in [6, 6.07) is 10.4. The van der Waals surface area contributed by atoms with Gasteiger partial charge in [0.2, 0.25) is 10.0 Å². The third-order valence-electron chi connectivity index (χ3n) is 3.63. The van der Waals surface area contributed by atoms with Crippen molar-refractivity contribution in [1.29, 1.82) is 0 Å². The van der Waals surface area contributed by atoms with E-state index in [9.17, 15) is 28.1 Å². The molecule has 0 saturated carbocycles. The number of benzene rings is 2. The van der Waals surface area contributed by atoms with Crippen molar-refractivity contribution in [3.05, 3.63) is 64.2 Å². The Morgan fingerprint density at radius 1 is 1.14 bits per heavy atom. The summed E-state index contributed by atoms with van der Waals surface area (Å²) >= 11 is 0. The molecule has 0 saturated heterocycles. The summed E-state index contributed by atoms with van der Waals surface area (Å²) in [5, 5.41) is 13.2. The normalized spacial score (nSPS) is 12.1. The number of sulfonamides is 1.